The maximum absolute atomic E-state index is 11.9. The van der Waals surface area contributed by atoms with E-state index >= 15 is 0 Å². The molecule has 0 aliphatic carbocycles. The molecule has 0 spiro atoms. The van der Waals surface area contributed by atoms with Crippen LogP contribution in [0.25, 0.3) is 0 Å². The van der Waals surface area contributed by atoms with Crippen LogP contribution in [0.2, 0.25) is 0 Å². The quantitative estimate of drug-likeness (QED) is 0.687. The van der Waals surface area contributed by atoms with E-state index in [0.29, 0.717) is 12.5 Å². The van der Waals surface area contributed by atoms with Crippen molar-refractivity contribution in [1.29, 1.82) is 0 Å². The number of nitrogens with one attached hydrogen (secondary N) is 1. The highest BCUT2D eigenvalue weighted by Gasteiger charge is 2.19. The molecule has 1 amide bonds. The Labute approximate surface area is 104 Å². The van der Waals surface area contributed by atoms with Gasteiger partial charge >= 0.3 is 0 Å². The van der Waals surface area contributed by atoms with Crippen LogP contribution in [0.3, 0.4) is 0 Å². The van der Waals surface area contributed by atoms with Crippen molar-refractivity contribution < 1.29 is 4.79 Å². The Balaban J connectivity index is 3.99. The lowest BCUT2D eigenvalue weighted by Gasteiger charge is -2.20. The van der Waals surface area contributed by atoms with Gasteiger partial charge in [0.25, 0.3) is 0 Å². The third kappa shape index (κ3) is 7.12. The molecular formula is C12H26N2OS. The van der Waals surface area contributed by atoms with Gasteiger partial charge in [-0.25, -0.2) is 0 Å². The lowest BCUT2D eigenvalue weighted by molar-refractivity contribution is -0.125. The van der Waals surface area contributed by atoms with Gasteiger partial charge in [-0.05, 0) is 37.7 Å². The van der Waals surface area contributed by atoms with E-state index < -0.39 is 0 Å². The number of carbonyl (C=O) groups excluding carboxylic acids is 1. The molecule has 2 atom stereocenters. The minimum absolute atomic E-state index is 0.0308. The zero-order valence-corrected chi connectivity index (χ0v) is 11.8. The standard InChI is InChI=1S/C12H26N2OS/c1-9(2)7-11(8-13)12(15)14-10(3)5-6-16-4/h9-11H,5-8,13H2,1-4H3,(H,14,15). The number of amides is 1. The van der Waals surface area contributed by atoms with Crippen molar-refractivity contribution in [3.63, 3.8) is 0 Å². The Morgan fingerprint density at radius 2 is 2.00 bits per heavy atom. The SMILES string of the molecule is CSCCC(C)NC(=O)C(CN)CC(C)C. The maximum Gasteiger partial charge on any atom is 0.224 e. The van der Waals surface area contributed by atoms with E-state index in [2.05, 4.69) is 32.3 Å². The molecule has 0 saturated heterocycles. The highest BCUT2D eigenvalue weighted by molar-refractivity contribution is 7.98. The Bertz CT molecular complexity index is 197. The van der Waals surface area contributed by atoms with Gasteiger partial charge in [-0.1, -0.05) is 13.8 Å². The second-order valence-electron chi connectivity index (χ2n) is 4.75. The Morgan fingerprint density at radius 1 is 1.38 bits per heavy atom. The molecule has 3 N–H and O–H groups in total. The average molecular weight is 246 g/mol. The van der Waals surface area contributed by atoms with Crippen LogP contribution in [-0.2, 0) is 4.79 Å². The summed E-state index contributed by atoms with van der Waals surface area (Å²) in [4.78, 5) is 11.9. The second kappa shape index (κ2) is 8.88. The lowest BCUT2D eigenvalue weighted by Crippen LogP contribution is -2.40. The van der Waals surface area contributed by atoms with Crippen LogP contribution in [0.5, 0.6) is 0 Å². The molecule has 0 aliphatic rings. The van der Waals surface area contributed by atoms with E-state index in [1.165, 1.54) is 0 Å². The lowest BCUT2D eigenvalue weighted by atomic mass is 9.96. The first kappa shape index (κ1) is 15.8. The first-order chi connectivity index (χ1) is 7.51. The van der Waals surface area contributed by atoms with E-state index in [1.54, 1.807) is 11.8 Å². The molecule has 0 rings (SSSR count). The minimum atomic E-state index is -0.0308. The van der Waals surface area contributed by atoms with E-state index in [0.717, 1.165) is 18.6 Å². The van der Waals surface area contributed by atoms with E-state index in [1.807, 2.05) is 0 Å². The monoisotopic (exact) mass is 246 g/mol. The van der Waals surface area contributed by atoms with Crippen molar-refractivity contribution >= 4 is 17.7 Å². The minimum Gasteiger partial charge on any atom is -0.353 e. The molecule has 0 heterocycles. The number of carbonyl (C=O) groups is 1. The number of thioether (sulfide) groups is 1. The molecule has 0 bridgehead atoms. The summed E-state index contributed by atoms with van der Waals surface area (Å²) in [5, 5.41) is 3.04. The van der Waals surface area contributed by atoms with Gasteiger partial charge in [-0.3, -0.25) is 4.79 Å². The van der Waals surface area contributed by atoms with Crippen molar-refractivity contribution in [3.8, 4) is 0 Å². The highest BCUT2D eigenvalue weighted by atomic mass is 32.2. The van der Waals surface area contributed by atoms with Gasteiger partial charge < -0.3 is 11.1 Å². The third-order valence-electron chi connectivity index (χ3n) is 2.55. The fourth-order valence-corrected chi connectivity index (χ4v) is 2.20. The van der Waals surface area contributed by atoms with Crippen LogP contribution in [0.1, 0.15) is 33.6 Å². The summed E-state index contributed by atoms with van der Waals surface area (Å²) in [7, 11) is 0. The normalized spacial score (nSPS) is 14.9. The van der Waals surface area contributed by atoms with Crippen LogP contribution >= 0.6 is 11.8 Å². The van der Waals surface area contributed by atoms with Crippen LogP contribution < -0.4 is 11.1 Å². The number of nitrogens with two attached hydrogens (primary N) is 1. The molecule has 0 aliphatic heterocycles. The number of rotatable bonds is 8. The van der Waals surface area contributed by atoms with Gasteiger partial charge in [0.2, 0.25) is 5.91 Å². The molecule has 4 heteroatoms. The molecule has 3 nitrogen and oxygen atoms in total. The third-order valence-corrected chi connectivity index (χ3v) is 3.20. The zero-order chi connectivity index (χ0) is 12.6. The summed E-state index contributed by atoms with van der Waals surface area (Å²) in [5.74, 6) is 1.68. The van der Waals surface area contributed by atoms with Crippen LogP contribution in [0.15, 0.2) is 0 Å². The fourth-order valence-electron chi connectivity index (χ4n) is 1.61. The van der Waals surface area contributed by atoms with Crippen molar-refractivity contribution in [1.82, 2.24) is 5.32 Å². The van der Waals surface area contributed by atoms with Crippen molar-refractivity contribution in [2.75, 3.05) is 18.6 Å². The molecule has 0 aromatic carbocycles. The highest BCUT2D eigenvalue weighted by Crippen LogP contribution is 2.11. The first-order valence-corrected chi connectivity index (χ1v) is 7.40. The summed E-state index contributed by atoms with van der Waals surface area (Å²) < 4.78 is 0. The molecule has 0 aromatic heterocycles. The molecule has 0 saturated carbocycles. The Morgan fingerprint density at radius 3 is 2.44 bits per heavy atom. The summed E-state index contributed by atoms with van der Waals surface area (Å²) in [5.41, 5.74) is 5.63. The van der Waals surface area contributed by atoms with Gasteiger partial charge in [-0.2, -0.15) is 11.8 Å². The van der Waals surface area contributed by atoms with E-state index in [9.17, 15) is 4.79 Å². The van der Waals surface area contributed by atoms with Gasteiger partial charge in [0.05, 0.1) is 5.92 Å². The topological polar surface area (TPSA) is 55.1 Å². The zero-order valence-electron chi connectivity index (χ0n) is 11.0. The van der Waals surface area contributed by atoms with Crippen LogP contribution in [-0.4, -0.2) is 30.5 Å². The number of hydrogen-bond donors (Lipinski definition) is 2. The maximum atomic E-state index is 11.9. The van der Waals surface area contributed by atoms with Gasteiger partial charge in [0.15, 0.2) is 0 Å². The molecule has 0 radical (unpaired) electrons. The molecular weight excluding hydrogens is 220 g/mol. The van der Waals surface area contributed by atoms with Crippen molar-refractivity contribution in [3.05, 3.63) is 0 Å². The van der Waals surface area contributed by atoms with Crippen molar-refractivity contribution in [2.45, 2.75) is 39.7 Å². The molecule has 0 aromatic rings. The molecule has 16 heavy (non-hydrogen) atoms. The largest absolute Gasteiger partial charge is 0.353 e. The summed E-state index contributed by atoms with van der Waals surface area (Å²) in [6.45, 7) is 6.73. The van der Waals surface area contributed by atoms with Crippen LogP contribution in [0.4, 0.5) is 0 Å². The predicted octanol–water partition coefficient (Wildman–Crippen LogP) is 1.87. The summed E-state index contributed by atoms with van der Waals surface area (Å²) in [6, 6.07) is 0.251. The molecule has 96 valence electrons. The van der Waals surface area contributed by atoms with Crippen LogP contribution in [0, 0.1) is 11.8 Å². The predicted molar refractivity (Wildman–Crippen MR) is 72.6 cm³/mol. The van der Waals surface area contributed by atoms with Gasteiger partial charge in [0.1, 0.15) is 0 Å². The Hall–Kier alpha value is -0.220. The molecule has 0 fully saturated rings. The second-order valence-corrected chi connectivity index (χ2v) is 5.74. The average Bonchev–Trinajstić information content (AvgIpc) is 2.22. The number of hydrogen-bond acceptors (Lipinski definition) is 3. The smallest absolute Gasteiger partial charge is 0.224 e. The Kier molecular flexibility index (Phi) is 8.76. The summed E-state index contributed by atoms with van der Waals surface area (Å²) >= 11 is 1.81. The van der Waals surface area contributed by atoms with E-state index in [4.69, 9.17) is 5.73 Å². The fraction of sp³-hybridized carbons (Fsp3) is 0.917. The van der Waals surface area contributed by atoms with Gasteiger partial charge in [0, 0.05) is 12.6 Å². The van der Waals surface area contributed by atoms with E-state index in [-0.39, 0.29) is 17.9 Å². The van der Waals surface area contributed by atoms with Crippen molar-refractivity contribution in [2.24, 2.45) is 17.6 Å². The van der Waals surface area contributed by atoms with Gasteiger partial charge in [-0.15, -0.1) is 0 Å². The summed E-state index contributed by atoms with van der Waals surface area (Å²) in [6.07, 6.45) is 3.97. The first-order valence-electron chi connectivity index (χ1n) is 6.00. The molecule has 2 unspecified atom stereocenters.